The molecule has 0 fully saturated rings. The van der Waals surface area contributed by atoms with Gasteiger partial charge in [-0.15, -0.1) is 0 Å². The molecule has 6 heteroatoms. The second-order valence-electron chi connectivity index (χ2n) is 5.25. The predicted molar refractivity (Wildman–Crippen MR) is 78.9 cm³/mol. The van der Waals surface area contributed by atoms with Gasteiger partial charge >= 0.3 is 0 Å². The molecule has 0 saturated carbocycles. The highest BCUT2D eigenvalue weighted by Gasteiger charge is 2.39. The van der Waals surface area contributed by atoms with Gasteiger partial charge in [-0.3, -0.25) is 9.59 Å². The SMILES string of the molecule is COC(C)(C)CCN1C(=O)C(=O)c2c(Cl)ccc(Cl)c21. The average molecular weight is 316 g/mol. The van der Waals surface area contributed by atoms with Crippen LogP contribution in [0.15, 0.2) is 12.1 Å². The molecule has 108 valence electrons. The number of rotatable bonds is 4. The number of anilines is 1. The van der Waals surface area contributed by atoms with Crippen molar-refractivity contribution in [2.45, 2.75) is 25.9 Å². The van der Waals surface area contributed by atoms with Crippen molar-refractivity contribution < 1.29 is 14.3 Å². The Bertz CT molecular complexity index is 584. The number of halogens is 2. The Morgan fingerprint density at radius 2 is 1.80 bits per heavy atom. The first kappa shape index (κ1) is 15.3. The first-order valence-electron chi connectivity index (χ1n) is 6.18. The number of amides is 1. The van der Waals surface area contributed by atoms with Gasteiger partial charge in [0.2, 0.25) is 0 Å². The van der Waals surface area contributed by atoms with Crippen LogP contribution >= 0.6 is 23.2 Å². The van der Waals surface area contributed by atoms with Gasteiger partial charge in [0.1, 0.15) is 0 Å². The molecule has 0 atom stereocenters. The van der Waals surface area contributed by atoms with E-state index >= 15 is 0 Å². The van der Waals surface area contributed by atoms with Gasteiger partial charge in [0.05, 0.1) is 26.9 Å². The largest absolute Gasteiger partial charge is 0.379 e. The van der Waals surface area contributed by atoms with E-state index in [2.05, 4.69) is 0 Å². The number of benzene rings is 1. The third-order valence-corrected chi connectivity index (χ3v) is 4.12. The summed E-state index contributed by atoms with van der Waals surface area (Å²) in [5.41, 5.74) is 0.206. The van der Waals surface area contributed by atoms with Crippen LogP contribution in [0.2, 0.25) is 10.0 Å². The van der Waals surface area contributed by atoms with Crippen LogP contribution in [0.3, 0.4) is 0 Å². The smallest absolute Gasteiger partial charge is 0.299 e. The monoisotopic (exact) mass is 315 g/mol. The zero-order valence-corrected chi connectivity index (χ0v) is 13.0. The van der Waals surface area contributed by atoms with Gasteiger partial charge in [-0.1, -0.05) is 23.2 Å². The van der Waals surface area contributed by atoms with Crippen molar-refractivity contribution in [2.24, 2.45) is 0 Å². The number of hydrogen-bond donors (Lipinski definition) is 0. The van der Waals surface area contributed by atoms with E-state index in [-0.39, 0.29) is 10.6 Å². The summed E-state index contributed by atoms with van der Waals surface area (Å²) in [5, 5.41) is 0.593. The molecule has 0 aromatic heterocycles. The van der Waals surface area contributed by atoms with Crippen LogP contribution in [0.5, 0.6) is 0 Å². The van der Waals surface area contributed by atoms with Crippen LogP contribution in [-0.4, -0.2) is 30.9 Å². The molecule has 1 aromatic carbocycles. The Balaban J connectivity index is 2.36. The van der Waals surface area contributed by atoms with Crippen LogP contribution in [-0.2, 0) is 9.53 Å². The maximum Gasteiger partial charge on any atom is 0.299 e. The molecule has 1 amide bonds. The molecule has 0 N–H and O–H groups in total. The van der Waals surface area contributed by atoms with Crippen molar-refractivity contribution in [3.05, 3.63) is 27.7 Å². The molecular formula is C14H15Cl2NO3. The molecule has 0 radical (unpaired) electrons. The maximum atomic E-state index is 12.1. The summed E-state index contributed by atoms with van der Waals surface area (Å²) in [5.74, 6) is -1.20. The van der Waals surface area contributed by atoms with E-state index in [9.17, 15) is 9.59 Å². The lowest BCUT2D eigenvalue weighted by molar-refractivity contribution is -0.114. The molecule has 2 rings (SSSR count). The second kappa shape index (κ2) is 5.35. The fourth-order valence-corrected chi connectivity index (χ4v) is 2.55. The fraction of sp³-hybridized carbons (Fsp3) is 0.429. The molecule has 1 aliphatic rings. The number of methoxy groups -OCH3 is 1. The first-order chi connectivity index (χ1) is 9.28. The average Bonchev–Trinajstić information content (AvgIpc) is 2.66. The predicted octanol–water partition coefficient (Wildman–Crippen LogP) is 3.34. The molecule has 0 unspecified atom stereocenters. The van der Waals surface area contributed by atoms with Gasteiger partial charge < -0.3 is 9.64 Å². The van der Waals surface area contributed by atoms with E-state index in [1.165, 1.54) is 11.0 Å². The van der Waals surface area contributed by atoms with E-state index in [0.717, 1.165) is 0 Å². The molecule has 4 nitrogen and oxygen atoms in total. The number of ketones is 1. The van der Waals surface area contributed by atoms with Crippen molar-refractivity contribution in [2.75, 3.05) is 18.6 Å². The van der Waals surface area contributed by atoms with E-state index in [0.29, 0.717) is 23.7 Å². The Hall–Kier alpha value is -1.10. The summed E-state index contributed by atoms with van der Waals surface area (Å²) in [6.45, 7) is 4.17. The Kier molecular flexibility index (Phi) is 4.09. The van der Waals surface area contributed by atoms with Crippen molar-refractivity contribution in [1.29, 1.82) is 0 Å². The molecule has 1 heterocycles. The lowest BCUT2D eigenvalue weighted by Crippen LogP contribution is -2.35. The van der Waals surface area contributed by atoms with Gasteiger partial charge in [-0.05, 0) is 32.4 Å². The van der Waals surface area contributed by atoms with Gasteiger partial charge in [0.15, 0.2) is 0 Å². The van der Waals surface area contributed by atoms with Gasteiger partial charge in [-0.2, -0.15) is 0 Å². The van der Waals surface area contributed by atoms with E-state index in [1.54, 1.807) is 13.2 Å². The summed E-state index contributed by atoms with van der Waals surface area (Å²) in [7, 11) is 1.61. The van der Waals surface area contributed by atoms with Gasteiger partial charge in [0, 0.05) is 13.7 Å². The summed E-state index contributed by atoms with van der Waals surface area (Å²) >= 11 is 12.1. The zero-order chi connectivity index (χ0) is 15.1. The summed E-state index contributed by atoms with van der Waals surface area (Å²) < 4.78 is 5.32. The third-order valence-electron chi connectivity index (χ3n) is 3.50. The first-order valence-corrected chi connectivity index (χ1v) is 6.93. The number of carbonyl (C=O) groups excluding carboxylic acids is 2. The maximum absolute atomic E-state index is 12.1. The number of Topliss-reactive ketones (excluding diaryl/α,β-unsaturated/α-hetero) is 1. The highest BCUT2D eigenvalue weighted by Crippen LogP contribution is 2.40. The van der Waals surface area contributed by atoms with Crippen LogP contribution in [0, 0.1) is 0 Å². The van der Waals surface area contributed by atoms with Crippen molar-refractivity contribution in [3.63, 3.8) is 0 Å². The topological polar surface area (TPSA) is 46.6 Å². The molecule has 0 aliphatic carbocycles. The molecule has 0 saturated heterocycles. The third kappa shape index (κ3) is 2.55. The number of hydrogen-bond acceptors (Lipinski definition) is 3. The van der Waals surface area contributed by atoms with Gasteiger partial charge in [0.25, 0.3) is 11.7 Å². The minimum absolute atomic E-state index is 0.194. The van der Waals surface area contributed by atoms with Crippen LogP contribution < -0.4 is 4.90 Å². The molecule has 0 bridgehead atoms. The normalized spacial score (nSPS) is 14.9. The zero-order valence-electron chi connectivity index (χ0n) is 11.5. The van der Waals surface area contributed by atoms with Crippen molar-refractivity contribution in [1.82, 2.24) is 0 Å². The Morgan fingerprint density at radius 3 is 2.40 bits per heavy atom. The Morgan fingerprint density at radius 1 is 1.20 bits per heavy atom. The molecule has 0 spiro atoms. The van der Waals surface area contributed by atoms with Gasteiger partial charge in [-0.25, -0.2) is 0 Å². The molecule has 1 aliphatic heterocycles. The highest BCUT2D eigenvalue weighted by atomic mass is 35.5. The second-order valence-corrected chi connectivity index (χ2v) is 6.07. The summed E-state index contributed by atoms with van der Waals surface area (Å²) in [6, 6.07) is 3.11. The number of fused-ring (bicyclic) bond motifs is 1. The summed E-state index contributed by atoms with van der Waals surface area (Å²) in [4.78, 5) is 25.5. The van der Waals surface area contributed by atoms with Crippen molar-refractivity contribution >= 4 is 40.6 Å². The van der Waals surface area contributed by atoms with Crippen LogP contribution in [0.4, 0.5) is 5.69 Å². The lowest BCUT2D eigenvalue weighted by Gasteiger charge is -2.26. The number of ether oxygens (including phenoxy) is 1. The minimum atomic E-state index is -0.609. The molecular weight excluding hydrogens is 301 g/mol. The molecule has 20 heavy (non-hydrogen) atoms. The number of carbonyl (C=O) groups is 2. The van der Waals surface area contributed by atoms with E-state index < -0.39 is 17.3 Å². The highest BCUT2D eigenvalue weighted by molar-refractivity contribution is 6.56. The lowest BCUT2D eigenvalue weighted by atomic mass is 10.1. The molecule has 1 aromatic rings. The number of nitrogens with zero attached hydrogens (tertiary/aromatic N) is 1. The van der Waals surface area contributed by atoms with Crippen LogP contribution in [0.25, 0.3) is 0 Å². The summed E-state index contributed by atoms with van der Waals surface area (Å²) in [6.07, 6.45) is 0.574. The van der Waals surface area contributed by atoms with Crippen LogP contribution in [0.1, 0.15) is 30.6 Å². The fourth-order valence-electron chi connectivity index (χ4n) is 2.05. The van der Waals surface area contributed by atoms with E-state index in [1.807, 2.05) is 13.8 Å². The van der Waals surface area contributed by atoms with E-state index in [4.69, 9.17) is 27.9 Å². The van der Waals surface area contributed by atoms with Crippen molar-refractivity contribution in [3.8, 4) is 0 Å². The standard InChI is InChI=1S/C14H15Cl2NO3/c1-14(2,20-3)6-7-17-11-9(16)5-4-8(15)10(11)12(18)13(17)19/h4-5H,6-7H2,1-3H3. The Labute approximate surface area is 127 Å². The minimum Gasteiger partial charge on any atom is -0.379 e. The quantitative estimate of drug-likeness (QED) is 0.801.